The van der Waals surface area contributed by atoms with E-state index in [1.165, 1.54) is 22.9 Å². The van der Waals surface area contributed by atoms with E-state index in [0.717, 1.165) is 22.3 Å². The number of hydrogen-bond acceptors (Lipinski definition) is 7. The molecule has 1 heterocycles. The van der Waals surface area contributed by atoms with E-state index >= 15 is 0 Å². The van der Waals surface area contributed by atoms with Crippen LogP contribution in [-0.4, -0.2) is 46.7 Å². The molecule has 0 saturated carbocycles. The minimum atomic E-state index is -1.10. The summed E-state index contributed by atoms with van der Waals surface area (Å²) in [4.78, 5) is 68.1. The molecule has 5 rings (SSSR count). The zero-order valence-electron chi connectivity index (χ0n) is 34.1. The number of carbonyl (C=O) groups is 4. The van der Waals surface area contributed by atoms with Crippen LogP contribution >= 0.6 is 0 Å². The first-order chi connectivity index (χ1) is 28.3. The number of anilines is 1. The summed E-state index contributed by atoms with van der Waals surface area (Å²) < 4.78 is 11.8. The molecule has 0 fully saturated rings. The molecule has 3 amide bonds. The van der Waals surface area contributed by atoms with Crippen LogP contribution in [0.3, 0.4) is 0 Å². The van der Waals surface area contributed by atoms with E-state index in [0.29, 0.717) is 5.56 Å². The van der Waals surface area contributed by atoms with Crippen molar-refractivity contribution in [2.24, 2.45) is 0 Å². The smallest absolute Gasteiger partial charge is 0.412 e. The van der Waals surface area contributed by atoms with Crippen LogP contribution in [0.2, 0.25) is 0 Å². The average Bonchev–Trinajstić information content (AvgIpc) is 3.22. The van der Waals surface area contributed by atoms with Crippen molar-refractivity contribution in [2.75, 3.05) is 11.9 Å². The van der Waals surface area contributed by atoms with Gasteiger partial charge in [-0.1, -0.05) is 127 Å². The summed E-state index contributed by atoms with van der Waals surface area (Å²) in [6, 6.07) is 38.1. The molecule has 0 saturated heterocycles. The third-order valence-electron chi connectivity index (χ3n) is 9.57. The van der Waals surface area contributed by atoms with Gasteiger partial charge in [-0.15, -0.1) is 0 Å². The van der Waals surface area contributed by atoms with Gasteiger partial charge in [0.15, 0.2) is 0 Å². The van der Waals surface area contributed by atoms with E-state index < -0.39 is 46.8 Å². The van der Waals surface area contributed by atoms with Gasteiger partial charge in [0.1, 0.15) is 22.9 Å². The summed E-state index contributed by atoms with van der Waals surface area (Å²) in [5.41, 5.74) is 1.32. The molecule has 0 unspecified atom stereocenters. The van der Waals surface area contributed by atoms with Gasteiger partial charge in [-0.2, -0.15) is 0 Å². The summed E-state index contributed by atoms with van der Waals surface area (Å²) in [5, 5.41) is 8.91. The lowest BCUT2D eigenvalue weighted by Crippen LogP contribution is -2.48. The number of benzene rings is 4. The topological polar surface area (TPSA) is 145 Å². The van der Waals surface area contributed by atoms with Crippen LogP contribution in [0.25, 0.3) is 0 Å². The zero-order chi connectivity index (χ0) is 42.4. The molecule has 4 aromatic carbocycles. The summed E-state index contributed by atoms with van der Waals surface area (Å²) in [6.45, 7) is 8.66. The number of ether oxygens (including phenoxy) is 2. The normalized spacial score (nSPS) is 12.6. The molecule has 2 atom stereocenters. The molecule has 0 spiro atoms. The van der Waals surface area contributed by atoms with Crippen LogP contribution in [-0.2, 0) is 35.8 Å². The monoisotopic (exact) mass is 796 g/mol. The molecular weight excluding hydrogens is 745 g/mol. The Morgan fingerprint density at radius 3 is 1.80 bits per heavy atom. The third kappa shape index (κ3) is 11.7. The standard InChI is InChI=1S/C48H52N4O7/c1-6-58-42(54)30-28-39(27-29-41(53)51-48(36-21-13-8-14-22-36,37-23-15-9-16-24-37)38-25-17-10-18-26-38)49-44(55)40(33-35-19-11-7-12-20-35)52-32-31-34(2)43(45(52)56)50-46(57)59-47(3,4)5/h7-26,28,30-32,39-40H,6,27,29,33H2,1-5H3,(H,49,55)(H,50,57)(H,51,53)/b30-28+/t39-,40-/m0/s1. The molecule has 5 aromatic rings. The summed E-state index contributed by atoms with van der Waals surface area (Å²) in [5.74, 6) is -1.46. The van der Waals surface area contributed by atoms with E-state index in [1.807, 2.05) is 121 Å². The molecular formula is C48H52N4O7. The number of rotatable bonds is 16. The van der Waals surface area contributed by atoms with Crippen molar-refractivity contribution in [1.29, 1.82) is 0 Å². The summed E-state index contributed by atoms with van der Waals surface area (Å²) in [7, 11) is 0. The lowest BCUT2D eigenvalue weighted by atomic mass is 9.77. The van der Waals surface area contributed by atoms with Crippen LogP contribution in [0.1, 0.15) is 74.4 Å². The highest BCUT2D eigenvalue weighted by molar-refractivity contribution is 5.86. The molecule has 0 radical (unpaired) electrons. The first-order valence-corrected chi connectivity index (χ1v) is 19.7. The molecule has 306 valence electrons. The maximum absolute atomic E-state index is 14.5. The largest absolute Gasteiger partial charge is 0.463 e. The van der Waals surface area contributed by atoms with Gasteiger partial charge in [-0.3, -0.25) is 19.7 Å². The maximum atomic E-state index is 14.5. The van der Waals surface area contributed by atoms with Crippen LogP contribution in [0.4, 0.5) is 10.5 Å². The Morgan fingerprint density at radius 2 is 1.29 bits per heavy atom. The minimum absolute atomic E-state index is 0.0261. The van der Waals surface area contributed by atoms with Crippen molar-refractivity contribution < 1.29 is 28.7 Å². The molecule has 0 aliphatic rings. The molecule has 0 aliphatic carbocycles. The predicted octanol–water partition coefficient (Wildman–Crippen LogP) is 7.78. The highest BCUT2D eigenvalue weighted by atomic mass is 16.6. The van der Waals surface area contributed by atoms with E-state index in [2.05, 4.69) is 16.0 Å². The summed E-state index contributed by atoms with van der Waals surface area (Å²) >= 11 is 0. The average molecular weight is 797 g/mol. The highest BCUT2D eigenvalue weighted by Gasteiger charge is 2.38. The minimum Gasteiger partial charge on any atom is -0.463 e. The predicted molar refractivity (Wildman–Crippen MR) is 229 cm³/mol. The molecule has 0 aliphatic heterocycles. The number of aryl methyl sites for hydroxylation is 1. The Morgan fingerprint density at radius 1 is 0.763 bits per heavy atom. The third-order valence-corrected chi connectivity index (χ3v) is 9.57. The van der Waals surface area contributed by atoms with Crippen molar-refractivity contribution in [3.05, 3.63) is 184 Å². The molecule has 0 bridgehead atoms. The van der Waals surface area contributed by atoms with Crippen molar-refractivity contribution >= 4 is 29.6 Å². The van der Waals surface area contributed by atoms with Gasteiger partial charge in [-0.25, -0.2) is 9.59 Å². The Kier molecular flexibility index (Phi) is 14.8. The molecule has 11 heteroatoms. The fourth-order valence-electron chi connectivity index (χ4n) is 6.82. The SMILES string of the molecule is CCOC(=O)/C=C/[C@H](CCC(=O)NC(c1ccccc1)(c1ccccc1)c1ccccc1)NC(=O)[C@H](Cc1ccccc1)n1ccc(C)c(NC(=O)OC(C)(C)C)c1=O. The quantitative estimate of drug-likeness (QED) is 0.0526. The van der Waals surface area contributed by atoms with Crippen LogP contribution in [0.5, 0.6) is 0 Å². The lowest BCUT2D eigenvalue weighted by Gasteiger charge is -2.37. The number of nitrogens with zero attached hydrogens (tertiary/aromatic N) is 1. The molecule has 11 nitrogen and oxygen atoms in total. The van der Waals surface area contributed by atoms with Crippen molar-refractivity contribution in [1.82, 2.24) is 15.2 Å². The number of hydrogen-bond donors (Lipinski definition) is 3. The van der Waals surface area contributed by atoms with E-state index in [-0.39, 0.29) is 37.5 Å². The number of carbonyl (C=O) groups excluding carboxylic acids is 4. The van der Waals surface area contributed by atoms with Crippen LogP contribution < -0.4 is 21.5 Å². The number of esters is 1. The van der Waals surface area contributed by atoms with E-state index in [9.17, 15) is 24.0 Å². The van der Waals surface area contributed by atoms with Crippen LogP contribution in [0.15, 0.2) is 151 Å². The van der Waals surface area contributed by atoms with Gasteiger partial charge in [-0.05, 0) is 74.9 Å². The van der Waals surface area contributed by atoms with Crippen molar-refractivity contribution in [3.63, 3.8) is 0 Å². The van der Waals surface area contributed by atoms with Crippen molar-refractivity contribution in [3.8, 4) is 0 Å². The second-order valence-corrected chi connectivity index (χ2v) is 15.1. The number of amides is 3. The second kappa shape index (κ2) is 20.1. The van der Waals surface area contributed by atoms with Gasteiger partial charge in [0.2, 0.25) is 11.8 Å². The van der Waals surface area contributed by atoms with Gasteiger partial charge < -0.3 is 24.7 Å². The molecule has 1 aromatic heterocycles. The second-order valence-electron chi connectivity index (χ2n) is 15.1. The van der Waals surface area contributed by atoms with Gasteiger partial charge >= 0.3 is 12.1 Å². The molecule has 59 heavy (non-hydrogen) atoms. The first-order valence-electron chi connectivity index (χ1n) is 19.7. The molecule has 3 N–H and O–H groups in total. The fraction of sp³-hybridized carbons (Fsp3) is 0.271. The maximum Gasteiger partial charge on any atom is 0.412 e. The lowest BCUT2D eigenvalue weighted by molar-refractivity contribution is -0.137. The number of pyridine rings is 1. The first kappa shape index (κ1) is 43.4. The zero-order valence-corrected chi connectivity index (χ0v) is 34.1. The fourth-order valence-corrected chi connectivity index (χ4v) is 6.82. The Hall–Kier alpha value is -6.75. The van der Waals surface area contributed by atoms with Crippen molar-refractivity contribution in [2.45, 2.75) is 77.1 Å². The van der Waals surface area contributed by atoms with Crippen LogP contribution in [0, 0.1) is 6.92 Å². The highest BCUT2D eigenvalue weighted by Crippen LogP contribution is 2.37. The van der Waals surface area contributed by atoms with E-state index in [1.54, 1.807) is 40.7 Å². The van der Waals surface area contributed by atoms with Gasteiger partial charge in [0, 0.05) is 31.2 Å². The summed E-state index contributed by atoms with van der Waals surface area (Å²) in [6.07, 6.45) is 3.58. The Labute approximate surface area is 345 Å². The van der Waals surface area contributed by atoms with Gasteiger partial charge in [0.25, 0.3) is 5.56 Å². The number of nitrogens with one attached hydrogen (secondary N) is 3. The van der Waals surface area contributed by atoms with E-state index in [4.69, 9.17) is 9.47 Å². The Bertz CT molecular complexity index is 2170. The van der Waals surface area contributed by atoms with Gasteiger partial charge in [0.05, 0.1) is 6.61 Å². The Balaban J connectivity index is 1.47. The number of aromatic nitrogens is 1.